The molecule has 115 valence electrons. The van der Waals surface area contributed by atoms with Gasteiger partial charge in [0.05, 0.1) is 0 Å². The predicted octanol–water partition coefficient (Wildman–Crippen LogP) is 6.53. The zero-order valence-electron chi connectivity index (χ0n) is 13.5. The largest absolute Gasteiger partial charge is 0.0622 e. The zero-order chi connectivity index (χ0) is 14.3. The quantitative estimate of drug-likeness (QED) is 0.576. The van der Waals surface area contributed by atoms with Crippen LogP contribution >= 0.6 is 0 Å². The van der Waals surface area contributed by atoms with E-state index in [0.29, 0.717) is 0 Å². The summed E-state index contributed by atoms with van der Waals surface area (Å²) in [5.41, 5.74) is 1.58. The molecule has 0 N–H and O–H groups in total. The molecule has 0 heterocycles. The lowest BCUT2D eigenvalue weighted by Crippen LogP contribution is -2.14. The molecule has 2 fully saturated rings. The Kier molecular flexibility index (Phi) is 5.77. The second kappa shape index (κ2) is 8.01. The van der Waals surface area contributed by atoms with Crippen LogP contribution in [0.3, 0.4) is 0 Å². The predicted molar refractivity (Wildman–Crippen MR) is 91.3 cm³/mol. The van der Waals surface area contributed by atoms with E-state index < -0.39 is 0 Å². The molecule has 1 aromatic carbocycles. The van der Waals surface area contributed by atoms with Gasteiger partial charge in [-0.15, -0.1) is 0 Å². The Morgan fingerprint density at radius 3 is 2.00 bits per heavy atom. The van der Waals surface area contributed by atoms with Gasteiger partial charge in [-0.05, 0) is 68.3 Å². The first-order valence-electron chi connectivity index (χ1n) is 9.28. The minimum Gasteiger partial charge on any atom is -0.0622 e. The Labute approximate surface area is 131 Å². The van der Waals surface area contributed by atoms with Crippen LogP contribution in [0.4, 0.5) is 0 Å². The van der Waals surface area contributed by atoms with Crippen LogP contribution in [0, 0.1) is 18.3 Å². The molecule has 2 saturated carbocycles. The van der Waals surface area contributed by atoms with Gasteiger partial charge < -0.3 is 0 Å². The normalized spacial score (nSPS) is 27.6. The monoisotopic (exact) mass is 283 g/mol. The van der Waals surface area contributed by atoms with E-state index in [4.69, 9.17) is 0 Å². The summed E-state index contributed by atoms with van der Waals surface area (Å²) < 4.78 is 0. The molecule has 2 aliphatic rings. The van der Waals surface area contributed by atoms with Crippen molar-refractivity contribution in [1.82, 2.24) is 0 Å². The maximum absolute atomic E-state index is 2.49. The molecule has 0 atom stereocenters. The number of rotatable bonds is 5. The molecule has 0 spiro atoms. The number of benzene rings is 1. The van der Waals surface area contributed by atoms with Crippen molar-refractivity contribution >= 4 is 0 Å². The van der Waals surface area contributed by atoms with E-state index in [-0.39, 0.29) is 0 Å². The van der Waals surface area contributed by atoms with Crippen LogP contribution in [0.15, 0.2) is 30.3 Å². The highest BCUT2D eigenvalue weighted by atomic mass is 14.3. The van der Waals surface area contributed by atoms with Crippen LogP contribution in [0.1, 0.15) is 82.1 Å². The molecule has 0 amide bonds. The summed E-state index contributed by atoms with van der Waals surface area (Å²) in [5.74, 6) is 2.92. The lowest BCUT2D eigenvalue weighted by Gasteiger charge is -2.29. The third-order valence-corrected chi connectivity index (χ3v) is 5.90. The summed E-state index contributed by atoms with van der Waals surface area (Å²) in [7, 11) is 0. The Morgan fingerprint density at radius 2 is 1.33 bits per heavy atom. The molecule has 0 saturated heterocycles. The van der Waals surface area contributed by atoms with Gasteiger partial charge in [0.2, 0.25) is 0 Å². The minimum atomic E-state index is 0.844. The van der Waals surface area contributed by atoms with E-state index in [1.807, 2.05) is 0 Å². The van der Waals surface area contributed by atoms with Gasteiger partial charge in [-0.25, -0.2) is 0 Å². The summed E-state index contributed by atoms with van der Waals surface area (Å²) in [6.07, 6.45) is 18.5. The summed E-state index contributed by atoms with van der Waals surface area (Å²) in [6, 6.07) is 11.2. The Balaban J connectivity index is 1.34. The molecule has 2 aliphatic carbocycles. The van der Waals surface area contributed by atoms with Crippen LogP contribution in [0.2, 0.25) is 0 Å². The maximum atomic E-state index is 2.49. The topological polar surface area (TPSA) is 0 Å². The minimum absolute atomic E-state index is 0.844. The van der Waals surface area contributed by atoms with Crippen molar-refractivity contribution in [2.45, 2.75) is 76.5 Å². The van der Waals surface area contributed by atoms with Crippen molar-refractivity contribution in [2.75, 3.05) is 0 Å². The second-order valence-electron chi connectivity index (χ2n) is 7.37. The van der Waals surface area contributed by atoms with Crippen molar-refractivity contribution in [3.8, 4) is 0 Å². The molecule has 3 rings (SSSR count). The maximum Gasteiger partial charge on any atom is -0.0162 e. The van der Waals surface area contributed by atoms with Gasteiger partial charge in [0.15, 0.2) is 0 Å². The van der Waals surface area contributed by atoms with Gasteiger partial charge in [-0.3, -0.25) is 0 Å². The molecular formula is C21H31. The zero-order valence-corrected chi connectivity index (χ0v) is 13.5. The molecule has 0 nitrogen and oxygen atoms in total. The molecule has 21 heavy (non-hydrogen) atoms. The molecule has 1 radical (unpaired) electrons. The Morgan fingerprint density at radius 1 is 0.714 bits per heavy atom. The third-order valence-electron chi connectivity index (χ3n) is 5.90. The fraction of sp³-hybridized carbons (Fsp3) is 0.667. The van der Waals surface area contributed by atoms with Gasteiger partial charge in [0.25, 0.3) is 0 Å². The lowest BCUT2D eigenvalue weighted by atomic mass is 9.76. The molecule has 0 unspecified atom stereocenters. The Bertz CT molecular complexity index is 380. The molecule has 0 aromatic heterocycles. The van der Waals surface area contributed by atoms with Crippen molar-refractivity contribution in [1.29, 1.82) is 0 Å². The molecular weight excluding hydrogens is 252 g/mol. The first-order chi connectivity index (χ1) is 10.4. The lowest BCUT2D eigenvalue weighted by molar-refractivity contribution is 0.286. The molecule has 0 aliphatic heterocycles. The fourth-order valence-corrected chi connectivity index (χ4v) is 4.49. The van der Waals surface area contributed by atoms with Crippen LogP contribution in [0.5, 0.6) is 0 Å². The van der Waals surface area contributed by atoms with Gasteiger partial charge in [0.1, 0.15) is 0 Å². The SMILES string of the molecule is [CH]1CCC(CCC[C@H]2CC[C@H](c3ccccc3)CC2)CC1. The highest BCUT2D eigenvalue weighted by Crippen LogP contribution is 2.38. The van der Waals surface area contributed by atoms with Gasteiger partial charge in [0, 0.05) is 0 Å². The van der Waals surface area contributed by atoms with Gasteiger partial charge in [-0.1, -0.05) is 62.4 Å². The standard InChI is InChI=1S/C21H31/c1-3-8-18(9-4-1)10-7-11-19-14-16-21(17-15-19)20-12-5-2-6-13-20/h1-2,5-6,12-13,18-19,21H,3-4,7-11,14-17H2/t19-,21-. The van der Waals surface area contributed by atoms with Crippen molar-refractivity contribution < 1.29 is 0 Å². The van der Waals surface area contributed by atoms with Crippen LogP contribution in [-0.2, 0) is 0 Å². The van der Waals surface area contributed by atoms with E-state index in [1.165, 1.54) is 70.6 Å². The van der Waals surface area contributed by atoms with E-state index in [0.717, 1.165) is 17.8 Å². The summed E-state index contributed by atoms with van der Waals surface area (Å²) in [5, 5.41) is 0. The van der Waals surface area contributed by atoms with Gasteiger partial charge in [-0.2, -0.15) is 0 Å². The van der Waals surface area contributed by atoms with E-state index >= 15 is 0 Å². The van der Waals surface area contributed by atoms with Crippen molar-refractivity contribution in [3.63, 3.8) is 0 Å². The smallest absolute Gasteiger partial charge is 0.0162 e. The number of hydrogen-bond acceptors (Lipinski definition) is 0. The summed E-state index contributed by atoms with van der Waals surface area (Å²) in [4.78, 5) is 0. The Hall–Kier alpha value is -0.780. The van der Waals surface area contributed by atoms with E-state index in [1.54, 1.807) is 5.56 Å². The third kappa shape index (κ3) is 4.59. The van der Waals surface area contributed by atoms with E-state index in [9.17, 15) is 0 Å². The molecule has 0 bridgehead atoms. The van der Waals surface area contributed by atoms with E-state index in [2.05, 4.69) is 36.8 Å². The van der Waals surface area contributed by atoms with Gasteiger partial charge >= 0.3 is 0 Å². The first kappa shape index (κ1) is 15.1. The van der Waals surface area contributed by atoms with Crippen molar-refractivity contribution in [2.24, 2.45) is 11.8 Å². The molecule has 0 heteroatoms. The highest BCUT2D eigenvalue weighted by molar-refractivity contribution is 5.19. The summed E-state index contributed by atoms with van der Waals surface area (Å²) >= 11 is 0. The van der Waals surface area contributed by atoms with Crippen molar-refractivity contribution in [3.05, 3.63) is 42.3 Å². The first-order valence-corrected chi connectivity index (χ1v) is 9.28. The number of hydrogen-bond donors (Lipinski definition) is 0. The van der Waals surface area contributed by atoms with Crippen LogP contribution < -0.4 is 0 Å². The fourth-order valence-electron chi connectivity index (χ4n) is 4.49. The molecule has 1 aromatic rings. The average molecular weight is 283 g/mol. The highest BCUT2D eigenvalue weighted by Gasteiger charge is 2.22. The summed E-state index contributed by atoms with van der Waals surface area (Å²) in [6.45, 7) is 0. The second-order valence-corrected chi connectivity index (χ2v) is 7.37. The van der Waals surface area contributed by atoms with Crippen LogP contribution in [-0.4, -0.2) is 0 Å². The van der Waals surface area contributed by atoms with Crippen LogP contribution in [0.25, 0.3) is 0 Å². The average Bonchev–Trinajstić information content (AvgIpc) is 2.57.